The standard InChI is InChI=1S/C25H21N5OS/c1-18-10-8-9-15-21(18)24-26-23(31-29-24)17-32-25-28-27-22(16-19-11-4-2-5-12-19)30(25)20-13-6-3-7-14-20/h2-15H,16-17H2,1H3. The van der Waals surface area contributed by atoms with Crippen LogP contribution < -0.4 is 0 Å². The molecule has 5 rings (SSSR count). The monoisotopic (exact) mass is 439 g/mol. The predicted molar refractivity (Wildman–Crippen MR) is 125 cm³/mol. The molecular weight excluding hydrogens is 418 g/mol. The summed E-state index contributed by atoms with van der Waals surface area (Å²) in [6.07, 6.45) is 0.696. The molecule has 3 aromatic carbocycles. The molecule has 0 spiro atoms. The van der Waals surface area contributed by atoms with Crippen molar-refractivity contribution in [3.63, 3.8) is 0 Å². The molecule has 6 nitrogen and oxygen atoms in total. The first-order valence-corrected chi connectivity index (χ1v) is 11.3. The van der Waals surface area contributed by atoms with Gasteiger partial charge in [0.15, 0.2) is 5.16 Å². The number of aromatic nitrogens is 5. The first-order chi connectivity index (χ1) is 15.8. The maximum atomic E-state index is 5.50. The van der Waals surface area contributed by atoms with Crippen molar-refractivity contribution in [1.82, 2.24) is 24.9 Å². The van der Waals surface area contributed by atoms with Crippen LogP contribution in [0.3, 0.4) is 0 Å². The number of rotatable bonds is 7. The van der Waals surface area contributed by atoms with Gasteiger partial charge in [0.05, 0.1) is 5.75 Å². The summed E-state index contributed by atoms with van der Waals surface area (Å²) >= 11 is 1.53. The van der Waals surface area contributed by atoms with Crippen molar-refractivity contribution in [3.05, 3.63) is 108 Å². The minimum absolute atomic E-state index is 0.509. The summed E-state index contributed by atoms with van der Waals surface area (Å²) < 4.78 is 7.60. The van der Waals surface area contributed by atoms with Crippen molar-refractivity contribution in [1.29, 1.82) is 0 Å². The molecule has 158 valence electrons. The normalized spacial score (nSPS) is 11.0. The van der Waals surface area contributed by atoms with Gasteiger partial charge in [-0.1, -0.05) is 89.7 Å². The summed E-state index contributed by atoms with van der Waals surface area (Å²) in [6.45, 7) is 2.04. The molecule has 7 heteroatoms. The molecule has 2 aromatic heterocycles. The summed E-state index contributed by atoms with van der Waals surface area (Å²) in [5.41, 5.74) is 4.30. The number of aryl methyl sites for hydroxylation is 1. The van der Waals surface area contributed by atoms with Crippen molar-refractivity contribution in [3.8, 4) is 17.1 Å². The van der Waals surface area contributed by atoms with Gasteiger partial charge < -0.3 is 4.52 Å². The van der Waals surface area contributed by atoms with Gasteiger partial charge >= 0.3 is 0 Å². The van der Waals surface area contributed by atoms with Gasteiger partial charge in [0, 0.05) is 17.7 Å². The number of para-hydroxylation sites is 1. The highest BCUT2D eigenvalue weighted by molar-refractivity contribution is 7.98. The lowest BCUT2D eigenvalue weighted by Crippen LogP contribution is -2.03. The maximum Gasteiger partial charge on any atom is 0.237 e. The molecule has 0 aliphatic carbocycles. The van der Waals surface area contributed by atoms with Crippen LogP contribution in [0.25, 0.3) is 17.1 Å². The highest BCUT2D eigenvalue weighted by Gasteiger charge is 2.17. The van der Waals surface area contributed by atoms with Crippen LogP contribution in [0, 0.1) is 6.92 Å². The third-order valence-corrected chi connectivity index (χ3v) is 6.01. The Hall–Kier alpha value is -3.71. The van der Waals surface area contributed by atoms with E-state index in [9.17, 15) is 0 Å². The predicted octanol–water partition coefficient (Wildman–Crippen LogP) is 5.51. The van der Waals surface area contributed by atoms with Crippen LogP contribution >= 0.6 is 11.8 Å². The number of hydrogen-bond donors (Lipinski definition) is 0. The van der Waals surface area contributed by atoms with Crippen molar-refractivity contribution in [2.75, 3.05) is 0 Å². The van der Waals surface area contributed by atoms with Crippen molar-refractivity contribution in [2.24, 2.45) is 0 Å². The van der Waals surface area contributed by atoms with E-state index in [1.165, 1.54) is 17.3 Å². The molecule has 5 aromatic rings. The Balaban J connectivity index is 1.40. The SMILES string of the molecule is Cc1ccccc1-c1noc(CSc2nnc(Cc3ccccc3)n2-c2ccccc2)n1. The first-order valence-electron chi connectivity index (χ1n) is 10.3. The molecule has 0 amide bonds. The molecular formula is C25H21N5OS. The van der Waals surface area contributed by atoms with E-state index in [0.717, 1.165) is 27.8 Å². The molecule has 0 fully saturated rings. The fraction of sp³-hybridized carbons (Fsp3) is 0.120. The van der Waals surface area contributed by atoms with E-state index in [0.29, 0.717) is 23.9 Å². The number of nitrogens with zero attached hydrogens (tertiary/aromatic N) is 5. The van der Waals surface area contributed by atoms with Gasteiger partial charge in [-0.25, -0.2) is 0 Å². The fourth-order valence-corrected chi connectivity index (χ4v) is 4.30. The Morgan fingerprint density at radius 2 is 1.56 bits per heavy atom. The van der Waals surface area contributed by atoms with Crippen LogP contribution in [0.2, 0.25) is 0 Å². The van der Waals surface area contributed by atoms with Crippen molar-refractivity contribution >= 4 is 11.8 Å². The van der Waals surface area contributed by atoms with Gasteiger partial charge in [-0.3, -0.25) is 4.57 Å². The molecule has 0 saturated carbocycles. The van der Waals surface area contributed by atoms with Crippen LogP contribution in [-0.2, 0) is 12.2 Å². The Labute approximate surface area is 190 Å². The van der Waals surface area contributed by atoms with Crippen molar-refractivity contribution < 1.29 is 4.52 Å². The van der Waals surface area contributed by atoms with Gasteiger partial charge in [0.1, 0.15) is 5.82 Å². The summed E-state index contributed by atoms with van der Waals surface area (Å²) in [5, 5.41) is 13.9. The fourth-order valence-electron chi connectivity index (χ4n) is 3.50. The van der Waals surface area contributed by atoms with E-state index in [1.54, 1.807) is 0 Å². The molecule has 0 aliphatic rings. The lowest BCUT2D eigenvalue weighted by molar-refractivity contribution is 0.391. The summed E-state index contributed by atoms with van der Waals surface area (Å²) in [5.74, 6) is 2.55. The van der Waals surface area contributed by atoms with E-state index in [-0.39, 0.29) is 0 Å². The van der Waals surface area contributed by atoms with E-state index in [4.69, 9.17) is 4.52 Å². The third-order valence-electron chi connectivity index (χ3n) is 5.10. The zero-order chi connectivity index (χ0) is 21.8. The lowest BCUT2D eigenvalue weighted by atomic mass is 10.1. The second-order valence-electron chi connectivity index (χ2n) is 7.35. The van der Waals surface area contributed by atoms with E-state index in [1.807, 2.05) is 67.6 Å². The van der Waals surface area contributed by atoms with Gasteiger partial charge in [0.2, 0.25) is 11.7 Å². The number of thioether (sulfide) groups is 1. The van der Waals surface area contributed by atoms with Gasteiger partial charge in [-0.15, -0.1) is 10.2 Å². The topological polar surface area (TPSA) is 69.6 Å². The second-order valence-corrected chi connectivity index (χ2v) is 8.29. The quantitative estimate of drug-likeness (QED) is 0.312. The van der Waals surface area contributed by atoms with Crippen LogP contribution in [0.4, 0.5) is 0 Å². The zero-order valence-electron chi connectivity index (χ0n) is 17.5. The highest BCUT2D eigenvalue weighted by atomic mass is 32.2. The van der Waals surface area contributed by atoms with Gasteiger partial charge in [-0.2, -0.15) is 4.98 Å². The summed E-state index contributed by atoms with van der Waals surface area (Å²) in [4.78, 5) is 4.58. The second kappa shape index (κ2) is 9.20. The molecule has 0 unspecified atom stereocenters. The third kappa shape index (κ3) is 4.33. The maximum absolute atomic E-state index is 5.50. The minimum atomic E-state index is 0.509. The molecule has 0 atom stereocenters. The average molecular weight is 440 g/mol. The molecule has 0 N–H and O–H groups in total. The highest BCUT2D eigenvalue weighted by Crippen LogP contribution is 2.27. The lowest BCUT2D eigenvalue weighted by Gasteiger charge is -2.09. The molecule has 0 aliphatic heterocycles. The van der Waals surface area contributed by atoms with E-state index < -0.39 is 0 Å². The Bertz CT molecular complexity index is 1310. The average Bonchev–Trinajstić information content (AvgIpc) is 3.46. The van der Waals surface area contributed by atoms with Crippen molar-refractivity contribution in [2.45, 2.75) is 24.3 Å². The van der Waals surface area contributed by atoms with Crippen LogP contribution in [0.1, 0.15) is 22.8 Å². The van der Waals surface area contributed by atoms with Gasteiger partial charge in [-0.05, 0) is 30.2 Å². The molecule has 0 saturated heterocycles. The Morgan fingerprint density at radius 3 is 2.34 bits per heavy atom. The number of benzene rings is 3. The molecule has 0 bridgehead atoms. The minimum Gasteiger partial charge on any atom is -0.338 e. The molecule has 2 heterocycles. The molecule has 32 heavy (non-hydrogen) atoms. The van der Waals surface area contributed by atoms with E-state index >= 15 is 0 Å². The largest absolute Gasteiger partial charge is 0.338 e. The summed E-state index contributed by atoms with van der Waals surface area (Å²) in [6, 6.07) is 28.5. The van der Waals surface area contributed by atoms with Crippen LogP contribution in [-0.4, -0.2) is 24.9 Å². The summed E-state index contributed by atoms with van der Waals surface area (Å²) in [7, 11) is 0. The smallest absolute Gasteiger partial charge is 0.237 e. The van der Waals surface area contributed by atoms with E-state index in [2.05, 4.69) is 49.2 Å². The van der Waals surface area contributed by atoms with Crippen LogP contribution in [0.5, 0.6) is 0 Å². The van der Waals surface area contributed by atoms with Gasteiger partial charge in [0.25, 0.3) is 0 Å². The Morgan fingerprint density at radius 1 is 0.844 bits per heavy atom. The number of hydrogen-bond acceptors (Lipinski definition) is 6. The van der Waals surface area contributed by atoms with Crippen LogP contribution in [0.15, 0.2) is 94.6 Å². The first kappa shape index (κ1) is 20.2. The Kier molecular flexibility index (Phi) is 5.81. The molecule has 0 radical (unpaired) electrons. The zero-order valence-corrected chi connectivity index (χ0v) is 18.4.